The molecule has 0 saturated carbocycles. The molecule has 0 unspecified atom stereocenters. The van der Waals surface area contributed by atoms with Crippen LogP contribution in [0.2, 0.25) is 0 Å². The highest BCUT2D eigenvalue weighted by atomic mass is 79.9. The molecule has 1 aromatic carbocycles. The summed E-state index contributed by atoms with van der Waals surface area (Å²) < 4.78 is 1.10. The zero-order chi connectivity index (χ0) is 13.7. The fourth-order valence-corrected chi connectivity index (χ4v) is 2.36. The van der Waals surface area contributed by atoms with Crippen molar-refractivity contribution < 1.29 is 0 Å². The number of hydrogen-bond acceptors (Lipinski definition) is 2. The topological polar surface area (TPSA) is 16.1 Å². The third-order valence-corrected chi connectivity index (χ3v) is 3.49. The summed E-state index contributed by atoms with van der Waals surface area (Å²) in [5.74, 6) is 0. The standard InChI is InChI=1S/C16H17BrN2/c1-19(2)11-9-14(13-6-5-10-18-12-13)15-7-3-4-8-16(15)17/h3-10,12H,11H2,1-2H3/b14-9+. The second kappa shape index (κ2) is 6.64. The van der Waals surface area contributed by atoms with Crippen LogP contribution in [0.4, 0.5) is 0 Å². The first-order valence-electron chi connectivity index (χ1n) is 6.18. The second-order valence-corrected chi connectivity index (χ2v) is 5.46. The highest BCUT2D eigenvalue weighted by Crippen LogP contribution is 2.29. The fraction of sp³-hybridized carbons (Fsp3) is 0.188. The molecule has 0 aliphatic rings. The van der Waals surface area contributed by atoms with Gasteiger partial charge in [0.1, 0.15) is 0 Å². The first kappa shape index (κ1) is 14.0. The van der Waals surface area contributed by atoms with Crippen molar-refractivity contribution in [2.45, 2.75) is 0 Å². The molecule has 0 amide bonds. The number of halogens is 1. The maximum atomic E-state index is 4.22. The van der Waals surface area contributed by atoms with Crippen LogP contribution in [-0.2, 0) is 0 Å². The Kier molecular flexibility index (Phi) is 4.88. The average molecular weight is 317 g/mol. The van der Waals surface area contributed by atoms with E-state index in [9.17, 15) is 0 Å². The van der Waals surface area contributed by atoms with Crippen LogP contribution >= 0.6 is 15.9 Å². The van der Waals surface area contributed by atoms with E-state index in [0.717, 1.165) is 16.6 Å². The largest absolute Gasteiger partial charge is 0.306 e. The summed E-state index contributed by atoms with van der Waals surface area (Å²) in [5, 5.41) is 0. The lowest BCUT2D eigenvalue weighted by Gasteiger charge is -2.12. The van der Waals surface area contributed by atoms with E-state index in [1.165, 1.54) is 11.1 Å². The average Bonchev–Trinajstić information content (AvgIpc) is 2.42. The fourth-order valence-electron chi connectivity index (χ4n) is 1.86. The van der Waals surface area contributed by atoms with Gasteiger partial charge in [-0.15, -0.1) is 0 Å². The molecule has 2 rings (SSSR count). The lowest BCUT2D eigenvalue weighted by Crippen LogP contribution is -2.11. The predicted molar refractivity (Wildman–Crippen MR) is 84.0 cm³/mol. The third kappa shape index (κ3) is 3.75. The quantitative estimate of drug-likeness (QED) is 0.852. The van der Waals surface area contributed by atoms with E-state index >= 15 is 0 Å². The zero-order valence-electron chi connectivity index (χ0n) is 11.2. The van der Waals surface area contributed by atoms with Gasteiger partial charge >= 0.3 is 0 Å². The Hall–Kier alpha value is -1.45. The number of pyridine rings is 1. The van der Waals surface area contributed by atoms with Crippen LogP contribution in [-0.4, -0.2) is 30.5 Å². The first-order chi connectivity index (χ1) is 9.18. The van der Waals surface area contributed by atoms with E-state index in [0.29, 0.717) is 0 Å². The van der Waals surface area contributed by atoms with E-state index in [2.05, 4.69) is 70.3 Å². The number of nitrogens with zero attached hydrogens (tertiary/aromatic N) is 2. The summed E-state index contributed by atoms with van der Waals surface area (Å²) in [5.41, 5.74) is 3.53. The second-order valence-electron chi connectivity index (χ2n) is 4.60. The number of benzene rings is 1. The van der Waals surface area contributed by atoms with Crippen LogP contribution < -0.4 is 0 Å². The van der Waals surface area contributed by atoms with Crippen LogP contribution in [0.5, 0.6) is 0 Å². The smallest absolute Gasteiger partial charge is 0.0346 e. The minimum atomic E-state index is 0.894. The van der Waals surface area contributed by atoms with Gasteiger partial charge in [-0.05, 0) is 37.4 Å². The van der Waals surface area contributed by atoms with Crippen molar-refractivity contribution in [2.75, 3.05) is 20.6 Å². The van der Waals surface area contributed by atoms with Crippen molar-refractivity contribution in [1.82, 2.24) is 9.88 Å². The maximum Gasteiger partial charge on any atom is 0.0346 e. The first-order valence-corrected chi connectivity index (χ1v) is 6.98. The van der Waals surface area contributed by atoms with Gasteiger partial charge in [0.25, 0.3) is 0 Å². The maximum absolute atomic E-state index is 4.22. The van der Waals surface area contributed by atoms with Crippen LogP contribution in [0.25, 0.3) is 5.57 Å². The SMILES string of the molecule is CN(C)C/C=C(\c1cccnc1)c1ccccc1Br. The molecule has 1 aromatic heterocycles. The summed E-state index contributed by atoms with van der Waals surface area (Å²) in [6.45, 7) is 0.894. The minimum Gasteiger partial charge on any atom is -0.306 e. The Morgan fingerprint density at radius 1 is 1.21 bits per heavy atom. The highest BCUT2D eigenvalue weighted by Gasteiger charge is 2.08. The van der Waals surface area contributed by atoms with Crippen molar-refractivity contribution in [3.8, 4) is 0 Å². The Bertz CT molecular complexity index is 562. The molecular formula is C16H17BrN2. The summed E-state index contributed by atoms with van der Waals surface area (Å²) in [6, 6.07) is 12.3. The van der Waals surface area contributed by atoms with E-state index in [1.807, 2.05) is 18.3 Å². The van der Waals surface area contributed by atoms with Crippen LogP contribution in [0, 0.1) is 0 Å². The van der Waals surface area contributed by atoms with Crippen molar-refractivity contribution in [1.29, 1.82) is 0 Å². The highest BCUT2D eigenvalue weighted by molar-refractivity contribution is 9.10. The van der Waals surface area contributed by atoms with Gasteiger partial charge in [0.05, 0.1) is 0 Å². The van der Waals surface area contributed by atoms with Crippen LogP contribution in [0.3, 0.4) is 0 Å². The van der Waals surface area contributed by atoms with Gasteiger partial charge < -0.3 is 4.90 Å². The van der Waals surface area contributed by atoms with Gasteiger partial charge in [-0.1, -0.05) is 46.3 Å². The Morgan fingerprint density at radius 3 is 2.63 bits per heavy atom. The monoisotopic (exact) mass is 316 g/mol. The molecule has 3 heteroatoms. The molecule has 0 atom stereocenters. The number of rotatable bonds is 4. The molecular weight excluding hydrogens is 300 g/mol. The predicted octanol–water partition coefficient (Wildman–Crippen LogP) is 3.84. The number of likely N-dealkylation sites (N-methyl/N-ethyl adjacent to an activating group) is 1. The molecule has 2 aromatic rings. The minimum absolute atomic E-state index is 0.894. The molecule has 2 nitrogen and oxygen atoms in total. The molecule has 0 spiro atoms. The Labute approximate surface area is 122 Å². The van der Waals surface area contributed by atoms with Crippen molar-refractivity contribution in [3.63, 3.8) is 0 Å². The van der Waals surface area contributed by atoms with E-state index in [4.69, 9.17) is 0 Å². The summed E-state index contributed by atoms with van der Waals surface area (Å²) in [6.07, 6.45) is 5.94. The van der Waals surface area contributed by atoms with E-state index in [-0.39, 0.29) is 0 Å². The third-order valence-electron chi connectivity index (χ3n) is 2.80. The lowest BCUT2D eigenvalue weighted by molar-refractivity contribution is 0.457. The molecule has 0 fully saturated rings. The molecule has 0 aliphatic carbocycles. The zero-order valence-corrected chi connectivity index (χ0v) is 12.8. The summed E-state index contributed by atoms with van der Waals surface area (Å²) >= 11 is 3.63. The van der Waals surface area contributed by atoms with E-state index in [1.54, 1.807) is 6.20 Å². The van der Waals surface area contributed by atoms with Gasteiger partial charge in [0.15, 0.2) is 0 Å². The van der Waals surface area contributed by atoms with Gasteiger partial charge in [0, 0.05) is 29.0 Å². The molecule has 98 valence electrons. The Balaban J connectivity index is 2.47. The van der Waals surface area contributed by atoms with Crippen molar-refractivity contribution >= 4 is 21.5 Å². The van der Waals surface area contributed by atoms with Crippen molar-refractivity contribution in [2.24, 2.45) is 0 Å². The van der Waals surface area contributed by atoms with Gasteiger partial charge in [-0.3, -0.25) is 4.98 Å². The van der Waals surface area contributed by atoms with Gasteiger partial charge in [-0.25, -0.2) is 0 Å². The van der Waals surface area contributed by atoms with Crippen LogP contribution in [0.15, 0.2) is 59.3 Å². The molecule has 0 N–H and O–H groups in total. The normalized spacial score (nSPS) is 11.9. The van der Waals surface area contributed by atoms with Gasteiger partial charge in [-0.2, -0.15) is 0 Å². The lowest BCUT2D eigenvalue weighted by atomic mass is 9.99. The van der Waals surface area contributed by atoms with Crippen LogP contribution in [0.1, 0.15) is 11.1 Å². The summed E-state index contributed by atoms with van der Waals surface area (Å²) in [4.78, 5) is 6.36. The number of hydrogen-bond donors (Lipinski definition) is 0. The van der Waals surface area contributed by atoms with Crippen molar-refractivity contribution in [3.05, 3.63) is 70.5 Å². The molecule has 0 aliphatic heterocycles. The number of aromatic nitrogens is 1. The molecule has 0 saturated heterocycles. The molecule has 19 heavy (non-hydrogen) atoms. The summed E-state index contributed by atoms with van der Waals surface area (Å²) in [7, 11) is 4.13. The Morgan fingerprint density at radius 2 is 2.00 bits per heavy atom. The van der Waals surface area contributed by atoms with Gasteiger partial charge in [0.2, 0.25) is 0 Å². The van der Waals surface area contributed by atoms with E-state index < -0.39 is 0 Å². The molecule has 0 radical (unpaired) electrons. The molecule has 1 heterocycles. The molecule has 0 bridgehead atoms.